The maximum absolute atomic E-state index is 12.5. The Morgan fingerprint density at radius 2 is 1.90 bits per heavy atom. The molecule has 0 aliphatic heterocycles. The van der Waals surface area contributed by atoms with E-state index in [1.807, 2.05) is 42.5 Å². The number of aromatic nitrogens is 1. The van der Waals surface area contributed by atoms with Crippen molar-refractivity contribution in [1.29, 1.82) is 0 Å². The van der Waals surface area contributed by atoms with Gasteiger partial charge in [0.2, 0.25) is 5.76 Å². The van der Waals surface area contributed by atoms with Crippen molar-refractivity contribution in [3.05, 3.63) is 70.9 Å². The Kier molecular flexibility index (Phi) is 7.28. The van der Waals surface area contributed by atoms with E-state index >= 15 is 0 Å². The summed E-state index contributed by atoms with van der Waals surface area (Å²) in [5, 5.41) is 25.7. The van der Waals surface area contributed by atoms with Gasteiger partial charge in [0.25, 0.3) is 11.8 Å². The average molecular weight is 445 g/mol. The fourth-order valence-corrected chi connectivity index (χ4v) is 3.26. The van der Waals surface area contributed by atoms with Crippen molar-refractivity contribution in [1.82, 2.24) is 10.5 Å². The molecule has 1 unspecified atom stereocenters. The van der Waals surface area contributed by atoms with Crippen LogP contribution < -0.4 is 10.1 Å². The van der Waals surface area contributed by atoms with Crippen LogP contribution in [0.1, 0.15) is 22.5 Å². The number of ether oxygens (including phenoxy) is 1. The zero-order valence-corrected chi connectivity index (χ0v) is 17.4. The number of halogens is 1. The molecule has 0 fully saturated rings. The predicted molar refractivity (Wildman–Crippen MR) is 113 cm³/mol. The molecule has 3 N–H and O–H groups in total. The summed E-state index contributed by atoms with van der Waals surface area (Å²) in [5.41, 5.74) is 2.78. The number of nitrogens with one attached hydrogen (secondary N) is 1. The summed E-state index contributed by atoms with van der Waals surface area (Å²) in [6.07, 6.45) is -1.50. The maximum Gasteiger partial charge on any atom is 0.332 e. The average Bonchev–Trinajstić information content (AvgIpc) is 3.23. The molecular formula is C22H21ClN2O6. The second-order valence-electron chi connectivity index (χ2n) is 6.91. The van der Waals surface area contributed by atoms with E-state index in [0.717, 1.165) is 16.7 Å². The van der Waals surface area contributed by atoms with Crippen molar-refractivity contribution in [3.63, 3.8) is 0 Å². The van der Waals surface area contributed by atoms with Gasteiger partial charge in [0.05, 0.1) is 13.2 Å². The van der Waals surface area contributed by atoms with Gasteiger partial charge >= 0.3 is 5.97 Å². The Bertz CT molecular complexity index is 1050. The largest absolute Gasteiger partial charge is 0.479 e. The first kappa shape index (κ1) is 22.3. The predicted octanol–water partition coefficient (Wildman–Crippen LogP) is 3.18. The number of hydrogen-bond acceptors (Lipinski definition) is 6. The van der Waals surface area contributed by atoms with E-state index in [-0.39, 0.29) is 18.1 Å². The zero-order chi connectivity index (χ0) is 22.4. The molecule has 31 heavy (non-hydrogen) atoms. The van der Waals surface area contributed by atoms with E-state index in [4.69, 9.17) is 26.0 Å². The van der Waals surface area contributed by atoms with Crippen LogP contribution in [0.4, 0.5) is 0 Å². The third-order valence-corrected chi connectivity index (χ3v) is 4.88. The number of methoxy groups -OCH3 is 1. The number of carbonyl (C=O) groups excluding carboxylic acids is 1. The Balaban J connectivity index is 1.74. The van der Waals surface area contributed by atoms with Crippen molar-refractivity contribution in [2.45, 2.75) is 25.0 Å². The van der Waals surface area contributed by atoms with Gasteiger partial charge in [-0.2, -0.15) is 0 Å². The molecule has 0 bridgehead atoms. The number of aliphatic hydroxyl groups excluding tert-OH is 1. The molecule has 0 saturated carbocycles. The van der Waals surface area contributed by atoms with Crippen LogP contribution in [0.3, 0.4) is 0 Å². The lowest BCUT2D eigenvalue weighted by atomic mass is 9.97. The molecule has 0 spiro atoms. The molecular weight excluding hydrogens is 424 g/mol. The maximum atomic E-state index is 12.5. The van der Waals surface area contributed by atoms with Gasteiger partial charge in [-0.1, -0.05) is 48.0 Å². The topological polar surface area (TPSA) is 122 Å². The van der Waals surface area contributed by atoms with Gasteiger partial charge in [-0.15, -0.1) is 0 Å². The molecule has 9 heteroatoms. The van der Waals surface area contributed by atoms with Crippen LogP contribution in [0.5, 0.6) is 5.88 Å². The van der Waals surface area contributed by atoms with Gasteiger partial charge in [-0.3, -0.25) is 4.79 Å². The van der Waals surface area contributed by atoms with Crippen molar-refractivity contribution < 1.29 is 29.1 Å². The molecule has 0 aliphatic carbocycles. The minimum absolute atomic E-state index is 0.0806. The fraction of sp³-hybridized carbons (Fsp3) is 0.227. The van der Waals surface area contributed by atoms with E-state index in [2.05, 4.69) is 10.5 Å². The molecule has 3 aromatic rings. The Labute approximate surface area is 183 Å². The van der Waals surface area contributed by atoms with Crippen LogP contribution >= 0.6 is 11.6 Å². The summed E-state index contributed by atoms with van der Waals surface area (Å²) in [4.78, 5) is 23.6. The van der Waals surface area contributed by atoms with Gasteiger partial charge < -0.3 is 24.8 Å². The van der Waals surface area contributed by atoms with Gasteiger partial charge in [-0.05, 0) is 40.4 Å². The van der Waals surface area contributed by atoms with Crippen LogP contribution in [-0.4, -0.2) is 46.5 Å². The third kappa shape index (κ3) is 6.07. The number of amides is 1. The number of carbonyl (C=O) groups is 2. The first-order valence-electron chi connectivity index (χ1n) is 9.43. The molecule has 162 valence electrons. The molecule has 2 atom stereocenters. The first-order valence-corrected chi connectivity index (χ1v) is 9.81. The Hall–Kier alpha value is -3.36. The number of benzene rings is 2. The number of hydrogen-bond donors (Lipinski definition) is 3. The smallest absolute Gasteiger partial charge is 0.332 e. The van der Waals surface area contributed by atoms with Gasteiger partial charge in [-0.25, -0.2) is 4.79 Å². The molecule has 1 aromatic heterocycles. The van der Waals surface area contributed by atoms with Gasteiger partial charge in [0.1, 0.15) is 0 Å². The quantitative estimate of drug-likeness (QED) is 0.463. The first-order chi connectivity index (χ1) is 14.9. The lowest BCUT2D eigenvalue weighted by Crippen LogP contribution is -2.40. The van der Waals surface area contributed by atoms with Crippen LogP contribution in [0.25, 0.3) is 11.1 Å². The van der Waals surface area contributed by atoms with Crippen LogP contribution in [0.2, 0.25) is 5.02 Å². The molecule has 0 radical (unpaired) electrons. The number of carboxylic acid groups (broad SMARTS) is 1. The molecule has 8 nitrogen and oxygen atoms in total. The summed E-state index contributed by atoms with van der Waals surface area (Å²) in [6.45, 7) is 0. The van der Waals surface area contributed by atoms with Crippen molar-refractivity contribution in [3.8, 4) is 17.0 Å². The molecule has 0 saturated heterocycles. The van der Waals surface area contributed by atoms with Crippen molar-refractivity contribution in [2.24, 2.45) is 0 Å². The number of rotatable bonds is 9. The van der Waals surface area contributed by atoms with Gasteiger partial charge in [0, 0.05) is 17.5 Å². The normalized spacial score (nSPS) is 12.7. The lowest BCUT2D eigenvalue weighted by Gasteiger charge is -2.20. The van der Waals surface area contributed by atoms with Crippen LogP contribution in [0, 0.1) is 0 Å². The zero-order valence-electron chi connectivity index (χ0n) is 16.6. The fourth-order valence-electron chi connectivity index (χ4n) is 3.07. The molecule has 2 aromatic carbocycles. The summed E-state index contributed by atoms with van der Waals surface area (Å²) in [7, 11) is 1.39. The minimum Gasteiger partial charge on any atom is -0.479 e. The summed E-state index contributed by atoms with van der Waals surface area (Å²) < 4.78 is 9.80. The van der Waals surface area contributed by atoms with E-state index < -0.39 is 24.0 Å². The van der Waals surface area contributed by atoms with E-state index in [0.29, 0.717) is 11.4 Å². The van der Waals surface area contributed by atoms with E-state index in [1.54, 1.807) is 6.07 Å². The number of carboxylic acids is 1. The molecule has 1 heterocycles. The highest BCUT2D eigenvalue weighted by molar-refractivity contribution is 6.30. The highest BCUT2D eigenvalue weighted by Gasteiger charge is 2.24. The van der Waals surface area contributed by atoms with Crippen LogP contribution in [0.15, 0.2) is 59.1 Å². The van der Waals surface area contributed by atoms with Gasteiger partial charge in [0.15, 0.2) is 6.10 Å². The summed E-state index contributed by atoms with van der Waals surface area (Å²) in [5.74, 6) is -1.89. The standard InChI is InChI=1S/C22H21ClN2O6/c1-30-20-12-19(31-25-20)21(27)24-17(11-18(26)22(28)29)9-13-5-7-14(8-6-13)15-3-2-4-16(23)10-15/h2-8,10,12,17-18,26H,9,11H2,1H3,(H,24,27)(H,28,29)/t17-,18?/m1/s1. The second kappa shape index (κ2) is 10.1. The van der Waals surface area contributed by atoms with E-state index in [1.165, 1.54) is 13.2 Å². The van der Waals surface area contributed by atoms with Crippen molar-refractivity contribution >= 4 is 23.5 Å². The highest BCUT2D eigenvalue weighted by Crippen LogP contribution is 2.23. The lowest BCUT2D eigenvalue weighted by molar-refractivity contribution is -0.147. The highest BCUT2D eigenvalue weighted by atomic mass is 35.5. The third-order valence-electron chi connectivity index (χ3n) is 4.64. The SMILES string of the molecule is COc1cc(C(=O)N[C@H](Cc2ccc(-c3cccc(Cl)c3)cc2)CC(O)C(=O)O)on1. The number of nitrogens with zero attached hydrogens (tertiary/aromatic N) is 1. The van der Waals surface area contributed by atoms with E-state index in [9.17, 15) is 14.7 Å². The Morgan fingerprint density at radius 1 is 1.16 bits per heavy atom. The minimum atomic E-state index is -1.62. The molecule has 1 amide bonds. The second-order valence-corrected chi connectivity index (χ2v) is 7.34. The summed E-state index contributed by atoms with van der Waals surface area (Å²) >= 11 is 6.05. The van der Waals surface area contributed by atoms with Crippen LogP contribution in [-0.2, 0) is 11.2 Å². The van der Waals surface area contributed by atoms with Crippen molar-refractivity contribution in [2.75, 3.05) is 7.11 Å². The molecule has 0 aliphatic rings. The number of aliphatic carboxylic acids is 1. The number of aliphatic hydroxyl groups is 1. The monoisotopic (exact) mass is 444 g/mol. The molecule has 3 rings (SSSR count). The Morgan fingerprint density at radius 3 is 2.52 bits per heavy atom. The summed E-state index contributed by atoms with van der Waals surface area (Å²) in [6, 6.07) is 15.7.